The van der Waals surface area contributed by atoms with E-state index in [1.54, 1.807) is 6.92 Å². The third kappa shape index (κ3) is 0.710. The molecule has 1 amide bonds. The lowest BCUT2D eigenvalue weighted by atomic mass is 10.1. The Kier molecular flexibility index (Phi) is 1.22. The number of nitrogens with two attached hydrogens (primary N) is 2. The van der Waals surface area contributed by atoms with Crippen LogP contribution >= 0.6 is 0 Å². The van der Waals surface area contributed by atoms with Gasteiger partial charge < -0.3 is 16.2 Å². The quantitative estimate of drug-likeness (QED) is 0.450. The van der Waals surface area contributed by atoms with Crippen LogP contribution in [0.4, 0.5) is 0 Å². The molecule has 1 fully saturated rings. The Labute approximate surface area is 53.1 Å². The lowest BCUT2D eigenvalue weighted by Gasteiger charge is -2.00. The lowest BCUT2D eigenvalue weighted by Crippen LogP contribution is -2.40. The van der Waals surface area contributed by atoms with Crippen molar-refractivity contribution in [3.63, 3.8) is 0 Å². The van der Waals surface area contributed by atoms with E-state index in [0.29, 0.717) is 0 Å². The average Bonchev–Trinajstić information content (AvgIpc) is 2.43. The van der Waals surface area contributed by atoms with E-state index in [4.69, 9.17) is 16.2 Å². The van der Waals surface area contributed by atoms with Crippen molar-refractivity contribution in [2.24, 2.45) is 11.5 Å². The second-order valence-electron chi connectivity index (χ2n) is 2.22. The summed E-state index contributed by atoms with van der Waals surface area (Å²) in [7, 11) is 0. The molecule has 52 valence electrons. The third-order valence-electron chi connectivity index (χ3n) is 1.71. The van der Waals surface area contributed by atoms with Crippen LogP contribution in [0.15, 0.2) is 0 Å². The molecule has 0 aromatic carbocycles. The molecule has 1 unspecified atom stereocenters. The summed E-state index contributed by atoms with van der Waals surface area (Å²) in [6.07, 6.45) is -0.0972. The Bertz CT molecular complexity index is 144. The number of hydrogen-bond donors (Lipinski definition) is 2. The Balaban J connectivity index is 2.62. The summed E-state index contributed by atoms with van der Waals surface area (Å²) in [6.45, 7) is 1.96. The molecule has 1 heterocycles. The molecule has 0 saturated carbocycles. The maximum atomic E-state index is 10.5. The standard InChI is InChI=1S/C5H10N2O2/c1-3-5(2-6,9-3)4(7)8/h3H,2,6H2,1H3,(H2,7,8)/t3-,5?/m0/s1. The van der Waals surface area contributed by atoms with E-state index < -0.39 is 11.5 Å². The molecule has 1 saturated heterocycles. The van der Waals surface area contributed by atoms with Crippen LogP contribution in [0.2, 0.25) is 0 Å². The van der Waals surface area contributed by atoms with Gasteiger partial charge >= 0.3 is 0 Å². The minimum Gasteiger partial charge on any atom is -0.367 e. The van der Waals surface area contributed by atoms with Crippen LogP contribution in [-0.4, -0.2) is 24.2 Å². The van der Waals surface area contributed by atoms with E-state index >= 15 is 0 Å². The molecule has 0 aromatic rings. The molecule has 0 aliphatic carbocycles. The Hall–Kier alpha value is -0.610. The summed E-state index contributed by atoms with van der Waals surface area (Å²) >= 11 is 0. The molecule has 0 radical (unpaired) electrons. The van der Waals surface area contributed by atoms with Crippen LogP contribution in [0.25, 0.3) is 0 Å². The largest absolute Gasteiger partial charge is 0.367 e. The predicted molar refractivity (Wildman–Crippen MR) is 31.5 cm³/mol. The summed E-state index contributed by atoms with van der Waals surface area (Å²) in [5.74, 6) is -0.461. The Morgan fingerprint density at radius 3 is 2.33 bits per heavy atom. The van der Waals surface area contributed by atoms with Gasteiger partial charge in [-0.25, -0.2) is 0 Å². The fourth-order valence-corrected chi connectivity index (χ4v) is 0.855. The Morgan fingerprint density at radius 2 is 2.33 bits per heavy atom. The molecule has 2 atom stereocenters. The first kappa shape index (κ1) is 6.51. The van der Waals surface area contributed by atoms with Gasteiger partial charge in [0.2, 0.25) is 0 Å². The van der Waals surface area contributed by atoms with Gasteiger partial charge in [-0.2, -0.15) is 0 Å². The minimum atomic E-state index is -0.833. The minimum absolute atomic E-state index is 0.0972. The number of ether oxygens (including phenoxy) is 1. The zero-order valence-corrected chi connectivity index (χ0v) is 5.26. The van der Waals surface area contributed by atoms with Gasteiger partial charge in [0.15, 0.2) is 5.60 Å². The van der Waals surface area contributed by atoms with E-state index in [-0.39, 0.29) is 12.6 Å². The number of hydrogen-bond acceptors (Lipinski definition) is 3. The molecule has 1 aliphatic rings. The summed E-state index contributed by atoms with van der Waals surface area (Å²) in [5, 5.41) is 0. The highest BCUT2D eigenvalue weighted by Gasteiger charge is 2.57. The molecule has 9 heavy (non-hydrogen) atoms. The molecule has 0 aromatic heterocycles. The maximum Gasteiger partial charge on any atom is 0.253 e. The van der Waals surface area contributed by atoms with E-state index in [1.165, 1.54) is 0 Å². The molecule has 4 nitrogen and oxygen atoms in total. The molecule has 0 bridgehead atoms. The van der Waals surface area contributed by atoms with Crippen molar-refractivity contribution < 1.29 is 9.53 Å². The number of carbonyl (C=O) groups excluding carboxylic acids is 1. The van der Waals surface area contributed by atoms with Gasteiger partial charge in [0.25, 0.3) is 5.91 Å². The SMILES string of the molecule is C[C@@H]1OC1(CN)C(N)=O. The highest BCUT2D eigenvalue weighted by Crippen LogP contribution is 2.34. The molecule has 4 N–H and O–H groups in total. The number of carbonyl (C=O) groups is 1. The zero-order valence-electron chi connectivity index (χ0n) is 5.26. The van der Waals surface area contributed by atoms with E-state index in [1.807, 2.05) is 0 Å². The second-order valence-corrected chi connectivity index (χ2v) is 2.22. The van der Waals surface area contributed by atoms with Crippen LogP contribution in [0, 0.1) is 0 Å². The zero-order chi connectivity index (χ0) is 7.07. The first-order chi connectivity index (χ1) is 4.13. The van der Waals surface area contributed by atoms with Gasteiger partial charge in [0.05, 0.1) is 6.10 Å². The highest BCUT2D eigenvalue weighted by molar-refractivity contribution is 5.87. The third-order valence-corrected chi connectivity index (χ3v) is 1.71. The van der Waals surface area contributed by atoms with Crippen molar-refractivity contribution in [1.82, 2.24) is 0 Å². The number of primary amides is 1. The van der Waals surface area contributed by atoms with Gasteiger partial charge in [-0.15, -0.1) is 0 Å². The van der Waals surface area contributed by atoms with Crippen molar-refractivity contribution >= 4 is 5.91 Å². The summed E-state index contributed by atoms with van der Waals surface area (Å²) in [6, 6.07) is 0. The number of amides is 1. The van der Waals surface area contributed by atoms with Crippen molar-refractivity contribution in [2.45, 2.75) is 18.6 Å². The highest BCUT2D eigenvalue weighted by atomic mass is 16.6. The molecule has 1 rings (SSSR count). The number of rotatable bonds is 2. The van der Waals surface area contributed by atoms with E-state index in [0.717, 1.165) is 0 Å². The molecular weight excluding hydrogens is 120 g/mol. The fourth-order valence-electron chi connectivity index (χ4n) is 0.855. The van der Waals surface area contributed by atoms with Crippen molar-refractivity contribution in [1.29, 1.82) is 0 Å². The topological polar surface area (TPSA) is 81.6 Å². The first-order valence-corrected chi connectivity index (χ1v) is 2.81. The van der Waals surface area contributed by atoms with E-state index in [2.05, 4.69) is 0 Å². The first-order valence-electron chi connectivity index (χ1n) is 2.81. The van der Waals surface area contributed by atoms with Crippen LogP contribution < -0.4 is 11.5 Å². The maximum absolute atomic E-state index is 10.5. The van der Waals surface area contributed by atoms with Gasteiger partial charge in [-0.1, -0.05) is 0 Å². The van der Waals surface area contributed by atoms with Gasteiger partial charge in [-0.3, -0.25) is 4.79 Å². The number of epoxide rings is 1. The van der Waals surface area contributed by atoms with Crippen molar-refractivity contribution in [3.8, 4) is 0 Å². The van der Waals surface area contributed by atoms with Crippen LogP contribution in [0.1, 0.15) is 6.92 Å². The van der Waals surface area contributed by atoms with Crippen LogP contribution in [-0.2, 0) is 9.53 Å². The average molecular weight is 130 g/mol. The summed E-state index contributed by atoms with van der Waals surface area (Å²) < 4.78 is 4.92. The van der Waals surface area contributed by atoms with Crippen LogP contribution in [0.3, 0.4) is 0 Å². The monoisotopic (exact) mass is 130 g/mol. The smallest absolute Gasteiger partial charge is 0.253 e. The fraction of sp³-hybridized carbons (Fsp3) is 0.800. The normalized spacial score (nSPS) is 40.4. The molecule has 4 heteroatoms. The van der Waals surface area contributed by atoms with Crippen molar-refractivity contribution in [2.75, 3.05) is 6.54 Å². The van der Waals surface area contributed by atoms with Crippen LogP contribution in [0.5, 0.6) is 0 Å². The lowest BCUT2D eigenvalue weighted by molar-refractivity contribution is -0.122. The summed E-state index contributed by atoms with van der Waals surface area (Å²) in [5.41, 5.74) is 9.39. The van der Waals surface area contributed by atoms with Crippen molar-refractivity contribution in [3.05, 3.63) is 0 Å². The van der Waals surface area contributed by atoms with Gasteiger partial charge in [0.1, 0.15) is 0 Å². The summed E-state index contributed by atoms with van der Waals surface area (Å²) in [4.78, 5) is 10.5. The van der Waals surface area contributed by atoms with E-state index in [9.17, 15) is 4.79 Å². The molecule has 0 spiro atoms. The van der Waals surface area contributed by atoms with Gasteiger partial charge in [0, 0.05) is 6.54 Å². The molecular formula is C5H10N2O2. The van der Waals surface area contributed by atoms with Gasteiger partial charge in [-0.05, 0) is 6.92 Å². The predicted octanol–water partition coefficient (Wildman–Crippen LogP) is -1.41. The second kappa shape index (κ2) is 1.68. The molecule has 1 aliphatic heterocycles. The Morgan fingerprint density at radius 1 is 1.89 bits per heavy atom.